The van der Waals surface area contributed by atoms with Crippen LogP contribution in [0.5, 0.6) is 0 Å². The Bertz CT molecular complexity index is 736. The fraction of sp³-hybridized carbons (Fsp3) is 0.214. The lowest BCUT2D eigenvalue weighted by Gasteiger charge is -2.15. The second-order valence-electron chi connectivity index (χ2n) is 4.84. The molecule has 1 amide bonds. The summed E-state index contributed by atoms with van der Waals surface area (Å²) in [6, 6.07) is 9.61. The van der Waals surface area contributed by atoms with Gasteiger partial charge in [-0.3, -0.25) is 4.79 Å². The van der Waals surface area contributed by atoms with Gasteiger partial charge in [0.15, 0.2) is 0 Å². The average Bonchev–Trinajstić information content (AvgIpc) is 3.20. The van der Waals surface area contributed by atoms with Crippen LogP contribution in [0.3, 0.4) is 0 Å². The molecule has 1 N–H and O–H groups in total. The molecule has 1 atom stereocenters. The largest absolute Gasteiger partial charge is 0.348 e. The van der Waals surface area contributed by atoms with Gasteiger partial charge in [-0.2, -0.15) is 5.10 Å². The minimum Gasteiger partial charge on any atom is -0.348 e. The molecule has 3 rings (SSSR count). The number of amides is 1. The maximum Gasteiger partial charge on any atom is 0.242 e. The molecule has 0 fully saturated rings. The molecule has 112 valence electrons. The smallest absolute Gasteiger partial charge is 0.242 e. The second kappa shape index (κ2) is 6.17. The Hall–Kier alpha value is -3.03. The molecule has 0 bridgehead atoms. The molecule has 1 aromatic carbocycles. The van der Waals surface area contributed by atoms with Crippen LogP contribution in [0.15, 0.2) is 49.1 Å². The molecule has 0 spiro atoms. The Labute approximate surface area is 126 Å². The van der Waals surface area contributed by atoms with E-state index >= 15 is 0 Å². The van der Waals surface area contributed by atoms with Crippen LogP contribution in [-0.2, 0) is 11.3 Å². The van der Waals surface area contributed by atoms with Gasteiger partial charge in [-0.1, -0.05) is 12.1 Å². The van der Waals surface area contributed by atoms with Crippen LogP contribution >= 0.6 is 0 Å². The molecule has 0 unspecified atom stereocenters. The number of rotatable bonds is 5. The molecule has 2 heterocycles. The molecule has 2 aromatic heterocycles. The first-order chi connectivity index (χ1) is 10.7. The lowest BCUT2D eigenvalue weighted by atomic mass is 10.1. The highest BCUT2D eigenvalue weighted by molar-refractivity contribution is 5.76. The SMILES string of the molecule is C[C@H](NC(=O)Cn1cnnn1)c1cccc(-n2cccn2)c1. The van der Waals surface area contributed by atoms with Crippen molar-refractivity contribution in [3.05, 3.63) is 54.6 Å². The number of carbonyl (C=O) groups excluding carboxylic acids is 1. The Balaban J connectivity index is 1.68. The van der Waals surface area contributed by atoms with Gasteiger partial charge in [-0.25, -0.2) is 9.36 Å². The average molecular weight is 297 g/mol. The quantitative estimate of drug-likeness (QED) is 0.750. The van der Waals surface area contributed by atoms with E-state index in [1.54, 1.807) is 10.9 Å². The zero-order valence-corrected chi connectivity index (χ0v) is 12.0. The predicted molar refractivity (Wildman–Crippen MR) is 77.9 cm³/mol. The second-order valence-corrected chi connectivity index (χ2v) is 4.84. The zero-order chi connectivity index (χ0) is 15.4. The maximum absolute atomic E-state index is 12.0. The Morgan fingerprint density at radius 1 is 1.36 bits per heavy atom. The zero-order valence-electron chi connectivity index (χ0n) is 12.0. The van der Waals surface area contributed by atoms with Crippen molar-refractivity contribution >= 4 is 5.91 Å². The van der Waals surface area contributed by atoms with Crippen molar-refractivity contribution in [2.75, 3.05) is 0 Å². The summed E-state index contributed by atoms with van der Waals surface area (Å²) in [7, 11) is 0. The van der Waals surface area contributed by atoms with E-state index in [1.165, 1.54) is 11.0 Å². The first-order valence-corrected chi connectivity index (χ1v) is 6.82. The standard InChI is InChI=1S/C14H15N7O/c1-11(17-14(22)9-20-10-15-18-19-20)12-4-2-5-13(8-12)21-7-3-6-16-21/h2-8,10-11H,9H2,1H3,(H,17,22)/t11-/m0/s1. The maximum atomic E-state index is 12.0. The minimum absolute atomic E-state index is 0.0934. The van der Waals surface area contributed by atoms with E-state index in [0.29, 0.717) is 0 Å². The Morgan fingerprint density at radius 3 is 3.00 bits per heavy atom. The summed E-state index contributed by atoms with van der Waals surface area (Å²) in [5.41, 5.74) is 1.95. The third-order valence-electron chi connectivity index (χ3n) is 3.21. The third kappa shape index (κ3) is 3.17. The van der Waals surface area contributed by atoms with Gasteiger partial charge in [0.25, 0.3) is 0 Å². The van der Waals surface area contributed by atoms with E-state index in [9.17, 15) is 4.79 Å². The van der Waals surface area contributed by atoms with Crippen molar-refractivity contribution in [1.29, 1.82) is 0 Å². The summed E-state index contributed by atoms with van der Waals surface area (Å²) < 4.78 is 3.15. The molecular formula is C14H15N7O. The van der Waals surface area contributed by atoms with Gasteiger partial charge < -0.3 is 5.32 Å². The molecule has 0 aliphatic rings. The molecular weight excluding hydrogens is 282 g/mol. The van der Waals surface area contributed by atoms with Crippen LogP contribution in [0.25, 0.3) is 5.69 Å². The van der Waals surface area contributed by atoms with E-state index in [-0.39, 0.29) is 18.5 Å². The first kappa shape index (κ1) is 13.9. The topological polar surface area (TPSA) is 90.5 Å². The fourth-order valence-electron chi connectivity index (χ4n) is 2.13. The van der Waals surface area contributed by atoms with Crippen molar-refractivity contribution in [1.82, 2.24) is 35.3 Å². The number of hydrogen-bond donors (Lipinski definition) is 1. The molecule has 0 saturated heterocycles. The van der Waals surface area contributed by atoms with Gasteiger partial charge in [0.1, 0.15) is 12.9 Å². The lowest BCUT2D eigenvalue weighted by molar-refractivity contribution is -0.122. The van der Waals surface area contributed by atoms with Gasteiger partial charge in [0.05, 0.1) is 11.7 Å². The van der Waals surface area contributed by atoms with Gasteiger partial charge in [-0.05, 0) is 41.1 Å². The molecule has 0 aliphatic carbocycles. The van der Waals surface area contributed by atoms with Crippen molar-refractivity contribution in [2.45, 2.75) is 19.5 Å². The first-order valence-electron chi connectivity index (χ1n) is 6.82. The van der Waals surface area contributed by atoms with Crippen LogP contribution < -0.4 is 5.32 Å². The van der Waals surface area contributed by atoms with E-state index < -0.39 is 0 Å². The van der Waals surface area contributed by atoms with Crippen LogP contribution in [0, 0.1) is 0 Å². The van der Waals surface area contributed by atoms with Crippen LogP contribution in [0.1, 0.15) is 18.5 Å². The Kier molecular flexibility index (Phi) is 3.90. The van der Waals surface area contributed by atoms with Gasteiger partial charge in [0.2, 0.25) is 5.91 Å². The van der Waals surface area contributed by atoms with E-state index in [2.05, 4.69) is 25.9 Å². The van der Waals surface area contributed by atoms with Crippen LogP contribution in [-0.4, -0.2) is 35.9 Å². The number of tetrazole rings is 1. The molecule has 22 heavy (non-hydrogen) atoms. The van der Waals surface area contributed by atoms with E-state index in [1.807, 2.05) is 43.5 Å². The van der Waals surface area contributed by atoms with E-state index in [4.69, 9.17) is 0 Å². The fourth-order valence-corrected chi connectivity index (χ4v) is 2.13. The number of aromatic nitrogens is 6. The summed E-state index contributed by atoms with van der Waals surface area (Å²) in [4.78, 5) is 12.0. The highest BCUT2D eigenvalue weighted by atomic mass is 16.2. The molecule has 0 saturated carbocycles. The molecule has 8 nitrogen and oxygen atoms in total. The summed E-state index contributed by atoms with van der Waals surface area (Å²) in [6.07, 6.45) is 5.01. The molecule has 3 aromatic rings. The number of benzene rings is 1. The molecule has 0 aliphatic heterocycles. The van der Waals surface area contributed by atoms with Crippen molar-refractivity contribution in [2.24, 2.45) is 0 Å². The molecule has 8 heteroatoms. The van der Waals surface area contributed by atoms with Crippen LogP contribution in [0.2, 0.25) is 0 Å². The van der Waals surface area contributed by atoms with Gasteiger partial charge in [0, 0.05) is 12.4 Å². The number of nitrogens with zero attached hydrogens (tertiary/aromatic N) is 6. The molecule has 0 radical (unpaired) electrons. The summed E-state index contributed by atoms with van der Waals surface area (Å²) >= 11 is 0. The third-order valence-corrected chi connectivity index (χ3v) is 3.21. The summed E-state index contributed by atoms with van der Waals surface area (Å²) in [5, 5.41) is 17.8. The van der Waals surface area contributed by atoms with E-state index in [0.717, 1.165) is 11.3 Å². The van der Waals surface area contributed by atoms with Crippen LogP contribution in [0.4, 0.5) is 0 Å². The monoisotopic (exact) mass is 297 g/mol. The highest BCUT2D eigenvalue weighted by Gasteiger charge is 2.11. The summed E-state index contributed by atoms with van der Waals surface area (Å²) in [5.74, 6) is -0.149. The lowest BCUT2D eigenvalue weighted by Crippen LogP contribution is -2.30. The minimum atomic E-state index is -0.149. The highest BCUT2D eigenvalue weighted by Crippen LogP contribution is 2.16. The van der Waals surface area contributed by atoms with Crippen molar-refractivity contribution < 1.29 is 4.79 Å². The van der Waals surface area contributed by atoms with Gasteiger partial charge in [-0.15, -0.1) is 5.10 Å². The Morgan fingerprint density at radius 2 is 2.27 bits per heavy atom. The summed E-state index contributed by atoms with van der Waals surface area (Å²) in [6.45, 7) is 2.02. The number of carbonyl (C=O) groups is 1. The predicted octanol–water partition coefficient (Wildman–Crippen LogP) is 0.736. The number of nitrogens with one attached hydrogen (secondary N) is 1. The number of hydrogen-bond acceptors (Lipinski definition) is 5. The van der Waals surface area contributed by atoms with Crippen molar-refractivity contribution in [3.8, 4) is 5.69 Å². The van der Waals surface area contributed by atoms with Gasteiger partial charge >= 0.3 is 0 Å². The van der Waals surface area contributed by atoms with Crippen molar-refractivity contribution in [3.63, 3.8) is 0 Å². The normalized spacial score (nSPS) is 12.0.